The highest BCUT2D eigenvalue weighted by atomic mass is 16.2. The summed E-state index contributed by atoms with van der Waals surface area (Å²) in [6, 6.07) is 18.7. The highest BCUT2D eigenvalue weighted by Crippen LogP contribution is 2.36. The molecule has 2 aromatic heterocycles. The van der Waals surface area contributed by atoms with Crippen molar-refractivity contribution in [3.63, 3.8) is 0 Å². The number of pyridine rings is 1. The predicted molar refractivity (Wildman–Crippen MR) is 124 cm³/mol. The number of urea groups is 1. The van der Waals surface area contributed by atoms with Gasteiger partial charge in [-0.2, -0.15) is 5.10 Å². The number of hydrogen-bond acceptors (Lipinski definition) is 4. The average molecular weight is 425 g/mol. The smallest absolute Gasteiger partial charge is 0.315 e. The van der Waals surface area contributed by atoms with Gasteiger partial charge in [-0.05, 0) is 42.3 Å². The molecule has 2 aromatic carbocycles. The van der Waals surface area contributed by atoms with E-state index in [0.717, 1.165) is 52.2 Å². The lowest BCUT2D eigenvalue weighted by Crippen LogP contribution is -2.48. The number of aryl methyl sites for hydroxylation is 1. The zero-order valence-corrected chi connectivity index (χ0v) is 17.8. The van der Waals surface area contributed by atoms with Gasteiger partial charge >= 0.3 is 6.03 Å². The number of aromatic amines is 1. The first kappa shape index (κ1) is 19.0. The van der Waals surface area contributed by atoms with E-state index in [1.807, 2.05) is 42.3 Å². The van der Waals surface area contributed by atoms with Crippen LogP contribution in [0.25, 0.3) is 22.2 Å². The van der Waals surface area contributed by atoms with Gasteiger partial charge < -0.3 is 15.5 Å². The van der Waals surface area contributed by atoms with Crippen LogP contribution in [0.3, 0.4) is 0 Å². The Kier molecular flexibility index (Phi) is 4.43. The number of anilines is 1. The number of carbonyl (C=O) groups excluding carboxylic acids is 1. The third-order valence-electron chi connectivity index (χ3n) is 6.61. The highest BCUT2D eigenvalue weighted by Gasteiger charge is 2.38. The summed E-state index contributed by atoms with van der Waals surface area (Å²) in [5.41, 5.74) is 7.02. The van der Waals surface area contributed by atoms with E-state index in [9.17, 15) is 4.79 Å². The number of benzene rings is 2. The summed E-state index contributed by atoms with van der Waals surface area (Å²) >= 11 is 0. The number of aromatic nitrogens is 3. The Morgan fingerprint density at radius 1 is 1.06 bits per heavy atom. The molecular weight excluding hydrogens is 400 g/mol. The molecule has 4 heterocycles. The highest BCUT2D eigenvalue weighted by molar-refractivity contribution is 6.00. The third kappa shape index (κ3) is 3.13. The average Bonchev–Trinajstić information content (AvgIpc) is 3.45. The van der Waals surface area contributed by atoms with Crippen LogP contribution in [0.4, 0.5) is 10.5 Å². The van der Waals surface area contributed by atoms with Crippen molar-refractivity contribution in [3.05, 3.63) is 77.6 Å². The van der Waals surface area contributed by atoms with Gasteiger partial charge in [-0.1, -0.05) is 30.3 Å². The number of hydrogen-bond donors (Lipinski definition) is 3. The fourth-order valence-electron chi connectivity index (χ4n) is 5.01. The molecule has 0 spiro atoms. The van der Waals surface area contributed by atoms with Crippen molar-refractivity contribution in [3.8, 4) is 11.3 Å². The summed E-state index contributed by atoms with van der Waals surface area (Å²) in [4.78, 5) is 19.3. The van der Waals surface area contributed by atoms with E-state index in [-0.39, 0.29) is 18.0 Å². The molecule has 0 bridgehead atoms. The van der Waals surface area contributed by atoms with Crippen molar-refractivity contribution < 1.29 is 4.79 Å². The molecule has 0 aliphatic carbocycles. The quantitative estimate of drug-likeness (QED) is 0.463. The van der Waals surface area contributed by atoms with E-state index >= 15 is 0 Å². The molecule has 2 atom stereocenters. The minimum Gasteiger partial charge on any atom is -0.315 e. The summed E-state index contributed by atoms with van der Waals surface area (Å²) in [7, 11) is 0. The van der Waals surface area contributed by atoms with Crippen LogP contribution in [0.1, 0.15) is 22.7 Å². The Bertz CT molecular complexity index is 1310. The standard InChI is InChI=1S/C25H24N6O/c1-15-9-17(7-8-27-15)24-19-10-18-14-31(25(32)28-21(18)11-22(19)29-30-24)23-13-26-12-20(23)16-5-3-2-4-6-16/h2-11,20,23,26H,12-14H2,1H3,(H,28,32)(H,29,30). The van der Waals surface area contributed by atoms with Gasteiger partial charge in [-0.25, -0.2) is 4.79 Å². The van der Waals surface area contributed by atoms with Crippen molar-refractivity contribution >= 4 is 22.6 Å². The molecule has 2 amide bonds. The molecule has 7 nitrogen and oxygen atoms in total. The molecule has 32 heavy (non-hydrogen) atoms. The van der Waals surface area contributed by atoms with E-state index < -0.39 is 0 Å². The summed E-state index contributed by atoms with van der Waals surface area (Å²) in [5, 5.41) is 15.3. The van der Waals surface area contributed by atoms with Crippen LogP contribution in [-0.4, -0.2) is 45.2 Å². The van der Waals surface area contributed by atoms with E-state index in [1.54, 1.807) is 0 Å². The molecule has 4 aromatic rings. The molecule has 1 fully saturated rings. The second-order valence-electron chi connectivity index (χ2n) is 8.61. The summed E-state index contributed by atoms with van der Waals surface area (Å²) in [6.45, 7) is 4.22. The maximum absolute atomic E-state index is 13.1. The topological polar surface area (TPSA) is 85.9 Å². The van der Waals surface area contributed by atoms with Crippen LogP contribution >= 0.6 is 0 Å². The Balaban J connectivity index is 1.37. The van der Waals surface area contributed by atoms with Gasteiger partial charge in [-0.3, -0.25) is 10.1 Å². The van der Waals surface area contributed by atoms with E-state index in [0.29, 0.717) is 6.54 Å². The van der Waals surface area contributed by atoms with Crippen LogP contribution < -0.4 is 10.6 Å². The van der Waals surface area contributed by atoms with Crippen molar-refractivity contribution in [2.24, 2.45) is 0 Å². The maximum atomic E-state index is 13.1. The first-order valence-corrected chi connectivity index (χ1v) is 10.9. The van der Waals surface area contributed by atoms with E-state index in [1.165, 1.54) is 5.56 Å². The molecule has 0 saturated carbocycles. The molecule has 6 rings (SSSR count). The van der Waals surface area contributed by atoms with Crippen LogP contribution in [-0.2, 0) is 6.54 Å². The van der Waals surface area contributed by atoms with Crippen LogP contribution in [0.15, 0.2) is 60.8 Å². The largest absolute Gasteiger partial charge is 0.322 e. The Labute approximate surface area is 185 Å². The van der Waals surface area contributed by atoms with Crippen LogP contribution in [0.2, 0.25) is 0 Å². The monoisotopic (exact) mass is 424 g/mol. The second kappa shape index (κ2) is 7.46. The fourth-order valence-corrected chi connectivity index (χ4v) is 5.01. The van der Waals surface area contributed by atoms with Gasteiger partial charge in [-0.15, -0.1) is 0 Å². The summed E-state index contributed by atoms with van der Waals surface area (Å²) in [6.07, 6.45) is 1.81. The number of amides is 2. The van der Waals surface area contributed by atoms with E-state index in [2.05, 4.69) is 56.1 Å². The first-order chi connectivity index (χ1) is 15.7. The molecule has 3 N–H and O–H groups in total. The SMILES string of the molecule is Cc1cc(-c2n[nH]c3cc4c(cc23)CN(C2CNCC2c2ccccc2)C(=O)N4)ccn1. The molecule has 1 saturated heterocycles. The molecule has 2 aliphatic heterocycles. The second-order valence-corrected chi connectivity index (χ2v) is 8.61. The molecule has 2 aliphatic rings. The Morgan fingerprint density at radius 2 is 1.94 bits per heavy atom. The van der Waals surface area contributed by atoms with Gasteiger partial charge in [0, 0.05) is 54.1 Å². The predicted octanol–water partition coefficient (Wildman–Crippen LogP) is 4.04. The third-order valence-corrected chi connectivity index (χ3v) is 6.61. The number of nitrogens with zero attached hydrogens (tertiary/aromatic N) is 3. The zero-order valence-electron chi connectivity index (χ0n) is 17.8. The molecule has 2 unspecified atom stereocenters. The lowest BCUT2D eigenvalue weighted by Gasteiger charge is -2.36. The van der Waals surface area contributed by atoms with Gasteiger partial charge in [0.05, 0.1) is 11.6 Å². The van der Waals surface area contributed by atoms with Crippen molar-refractivity contribution in [2.75, 3.05) is 18.4 Å². The number of H-pyrrole nitrogens is 1. The molecule has 0 radical (unpaired) electrons. The number of nitrogens with one attached hydrogen (secondary N) is 3. The number of fused-ring (bicyclic) bond motifs is 2. The normalized spacial score (nSPS) is 20.4. The fraction of sp³-hybridized carbons (Fsp3) is 0.240. The van der Waals surface area contributed by atoms with Crippen LogP contribution in [0, 0.1) is 6.92 Å². The van der Waals surface area contributed by atoms with Gasteiger partial charge in [0.15, 0.2) is 0 Å². The van der Waals surface area contributed by atoms with Gasteiger partial charge in [0.1, 0.15) is 5.69 Å². The number of rotatable bonds is 3. The van der Waals surface area contributed by atoms with E-state index in [4.69, 9.17) is 0 Å². The van der Waals surface area contributed by atoms with Crippen molar-refractivity contribution in [2.45, 2.75) is 25.4 Å². The zero-order chi connectivity index (χ0) is 21.7. The molecule has 160 valence electrons. The van der Waals surface area contributed by atoms with Gasteiger partial charge in [0.2, 0.25) is 0 Å². The summed E-state index contributed by atoms with van der Waals surface area (Å²) in [5.74, 6) is 0.275. The minimum absolute atomic E-state index is 0.0454. The number of carbonyl (C=O) groups is 1. The Hall–Kier alpha value is -3.71. The first-order valence-electron chi connectivity index (χ1n) is 10.9. The van der Waals surface area contributed by atoms with Crippen LogP contribution in [0.5, 0.6) is 0 Å². The van der Waals surface area contributed by atoms with Gasteiger partial charge in [0.25, 0.3) is 0 Å². The molecular formula is C25H24N6O. The Morgan fingerprint density at radius 3 is 2.78 bits per heavy atom. The van der Waals surface area contributed by atoms with Crippen molar-refractivity contribution in [1.29, 1.82) is 0 Å². The lowest BCUT2D eigenvalue weighted by molar-refractivity contribution is 0.180. The lowest BCUT2D eigenvalue weighted by atomic mass is 9.92. The van der Waals surface area contributed by atoms with Crippen molar-refractivity contribution in [1.82, 2.24) is 25.4 Å². The minimum atomic E-state index is -0.0454. The molecule has 7 heteroatoms. The maximum Gasteiger partial charge on any atom is 0.322 e. The summed E-state index contributed by atoms with van der Waals surface area (Å²) < 4.78 is 0.